The minimum Gasteiger partial charge on any atom is -0.508 e. The number of phenols is 2. The maximum absolute atomic E-state index is 13.4. The van der Waals surface area contributed by atoms with Gasteiger partial charge < -0.3 is 14.8 Å². The topological polar surface area (TPSA) is 62.5 Å². The molecule has 0 unspecified atom stereocenters. The molecule has 2 N–H and O–H groups in total. The van der Waals surface area contributed by atoms with Crippen molar-refractivity contribution in [3.8, 4) is 11.5 Å². The molecule has 5 aromatic rings. The molecule has 0 aliphatic rings. The Balaban J connectivity index is 1.78. The van der Waals surface area contributed by atoms with Crippen LogP contribution in [0.2, 0.25) is 5.02 Å². The SMILES string of the molecule is Cn1c2ccc(Cl)cc2c(=O)c2cc([S+](c3ccc(O)cc3)c3ccc(O)cc3)ccc21. The number of pyridine rings is 1. The summed E-state index contributed by atoms with van der Waals surface area (Å²) in [6.45, 7) is 0. The Hall–Kier alpha value is -3.41. The zero-order chi connectivity index (χ0) is 22.4. The molecule has 158 valence electrons. The molecule has 0 radical (unpaired) electrons. The second kappa shape index (κ2) is 7.93. The first-order chi connectivity index (χ1) is 15.4. The van der Waals surface area contributed by atoms with Gasteiger partial charge in [0, 0.05) is 23.5 Å². The highest BCUT2D eigenvalue weighted by molar-refractivity contribution is 7.97. The number of phenolic OH excluding ortho intramolecular Hbond substituents is 2. The third kappa shape index (κ3) is 3.49. The van der Waals surface area contributed by atoms with Crippen LogP contribution in [0, 0.1) is 0 Å². The van der Waals surface area contributed by atoms with Crippen molar-refractivity contribution in [2.75, 3.05) is 0 Å². The molecule has 0 aliphatic heterocycles. The van der Waals surface area contributed by atoms with Gasteiger partial charge in [0.05, 0.1) is 27.3 Å². The van der Waals surface area contributed by atoms with Gasteiger partial charge in [-0.15, -0.1) is 0 Å². The van der Waals surface area contributed by atoms with E-state index in [9.17, 15) is 15.0 Å². The lowest BCUT2D eigenvalue weighted by Crippen LogP contribution is -2.11. The molecule has 0 spiro atoms. The van der Waals surface area contributed by atoms with Crippen LogP contribution in [0.4, 0.5) is 0 Å². The minimum absolute atomic E-state index is 0.0580. The fraction of sp³-hybridized carbons (Fsp3) is 0.0385. The summed E-state index contributed by atoms with van der Waals surface area (Å²) in [7, 11) is 1.41. The van der Waals surface area contributed by atoms with Crippen molar-refractivity contribution in [3.05, 3.63) is 100 Å². The summed E-state index contributed by atoms with van der Waals surface area (Å²) in [6.07, 6.45) is 0. The second-order valence-corrected chi connectivity index (χ2v) is 9.99. The number of aromatic hydroxyl groups is 2. The largest absolute Gasteiger partial charge is 0.508 e. The first-order valence-corrected chi connectivity index (χ1v) is 11.6. The van der Waals surface area contributed by atoms with Gasteiger partial charge in [-0.3, -0.25) is 4.79 Å². The van der Waals surface area contributed by atoms with Crippen molar-refractivity contribution in [2.24, 2.45) is 7.05 Å². The van der Waals surface area contributed by atoms with E-state index in [-0.39, 0.29) is 16.9 Å². The summed E-state index contributed by atoms with van der Waals surface area (Å²) in [5.41, 5.74) is 1.61. The number of aromatic nitrogens is 1. The molecular formula is C26H19ClNO3S+. The molecule has 0 aliphatic carbocycles. The van der Waals surface area contributed by atoms with E-state index in [1.165, 1.54) is 0 Å². The third-order valence-electron chi connectivity index (χ3n) is 5.52. The van der Waals surface area contributed by atoms with Gasteiger partial charge in [-0.25, -0.2) is 0 Å². The molecule has 0 atom stereocenters. The molecular weight excluding hydrogens is 442 g/mol. The van der Waals surface area contributed by atoms with Crippen LogP contribution in [-0.4, -0.2) is 14.8 Å². The predicted octanol–water partition coefficient (Wildman–Crippen LogP) is 5.85. The lowest BCUT2D eigenvalue weighted by molar-refractivity contribution is 0.474. The molecule has 4 nitrogen and oxygen atoms in total. The predicted molar refractivity (Wildman–Crippen MR) is 130 cm³/mol. The summed E-state index contributed by atoms with van der Waals surface area (Å²) in [4.78, 5) is 16.3. The number of rotatable bonds is 3. The van der Waals surface area contributed by atoms with Crippen LogP contribution < -0.4 is 5.43 Å². The minimum atomic E-state index is -0.537. The zero-order valence-corrected chi connectivity index (χ0v) is 18.7. The van der Waals surface area contributed by atoms with E-state index in [0.717, 1.165) is 25.7 Å². The molecule has 32 heavy (non-hydrogen) atoms. The van der Waals surface area contributed by atoms with Crippen molar-refractivity contribution in [1.82, 2.24) is 4.57 Å². The molecule has 0 saturated heterocycles. The average Bonchev–Trinajstić information content (AvgIpc) is 2.80. The molecule has 0 saturated carbocycles. The quantitative estimate of drug-likeness (QED) is 0.262. The normalized spacial score (nSPS) is 11.5. The van der Waals surface area contributed by atoms with Crippen molar-refractivity contribution in [2.45, 2.75) is 14.7 Å². The smallest absolute Gasteiger partial charge is 0.197 e. The first-order valence-electron chi connectivity index (χ1n) is 9.97. The third-order valence-corrected chi connectivity index (χ3v) is 7.97. The van der Waals surface area contributed by atoms with E-state index in [1.807, 2.05) is 60.1 Å². The van der Waals surface area contributed by atoms with Gasteiger partial charge in [0.25, 0.3) is 0 Å². The molecule has 4 aromatic carbocycles. The molecule has 6 heteroatoms. The summed E-state index contributed by atoms with van der Waals surface area (Å²) in [5.74, 6) is 0.387. The first kappa shape index (κ1) is 20.5. The van der Waals surface area contributed by atoms with Gasteiger partial charge in [0.2, 0.25) is 0 Å². The number of hydrogen-bond acceptors (Lipinski definition) is 3. The van der Waals surface area contributed by atoms with Crippen LogP contribution in [0.25, 0.3) is 21.8 Å². The van der Waals surface area contributed by atoms with Crippen LogP contribution in [0.3, 0.4) is 0 Å². The highest BCUT2D eigenvalue weighted by atomic mass is 35.5. The fourth-order valence-electron chi connectivity index (χ4n) is 3.95. The lowest BCUT2D eigenvalue weighted by Gasteiger charge is -2.13. The highest BCUT2D eigenvalue weighted by Gasteiger charge is 2.29. The Labute approximate surface area is 192 Å². The van der Waals surface area contributed by atoms with Crippen molar-refractivity contribution < 1.29 is 10.2 Å². The van der Waals surface area contributed by atoms with Crippen LogP contribution in [-0.2, 0) is 17.9 Å². The Morgan fingerprint density at radius 1 is 0.688 bits per heavy atom. The van der Waals surface area contributed by atoms with Gasteiger partial charge in [0.15, 0.2) is 20.1 Å². The van der Waals surface area contributed by atoms with Crippen LogP contribution >= 0.6 is 11.6 Å². The molecule has 0 amide bonds. The van der Waals surface area contributed by atoms with E-state index >= 15 is 0 Å². The number of aryl methyl sites for hydroxylation is 1. The van der Waals surface area contributed by atoms with Crippen molar-refractivity contribution in [3.63, 3.8) is 0 Å². The number of halogens is 1. The van der Waals surface area contributed by atoms with Crippen LogP contribution in [0.15, 0.2) is 104 Å². The zero-order valence-electron chi connectivity index (χ0n) is 17.1. The van der Waals surface area contributed by atoms with E-state index in [4.69, 9.17) is 11.6 Å². The number of nitrogens with zero attached hydrogens (tertiary/aromatic N) is 1. The Bertz CT molecular complexity index is 1480. The Morgan fingerprint density at radius 3 is 1.72 bits per heavy atom. The average molecular weight is 461 g/mol. The van der Waals surface area contributed by atoms with E-state index < -0.39 is 10.9 Å². The Morgan fingerprint density at radius 2 is 1.16 bits per heavy atom. The van der Waals surface area contributed by atoms with E-state index in [0.29, 0.717) is 15.8 Å². The number of benzene rings is 4. The molecule has 5 rings (SSSR count). The van der Waals surface area contributed by atoms with Crippen molar-refractivity contribution >= 4 is 44.3 Å². The molecule has 0 fully saturated rings. The van der Waals surface area contributed by atoms with Crippen LogP contribution in [0.5, 0.6) is 11.5 Å². The monoisotopic (exact) mass is 460 g/mol. The lowest BCUT2D eigenvalue weighted by atomic mass is 10.1. The highest BCUT2D eigenvalue weighted by Crippen LogP contribution is 2.34. The summed E-state index contributed by atoms with van der Waals surface area (Å²) in [5, 5.41) is 21.3. The Kier molecular flexibility index (Phi) is 5.08. The maximum Gasteiger partial charge on any atom is 0.197 e. The fourth-order valence-corrected chi connectivity index (χ4v) is 6.19. The second-order valence-electron chi connectivity index (χ2n) is 7.52. The van der Waals surface area contributed by atoms with E-state index in [2.05, 4.69) is 0 Å². The van der Waals surface area contributed by atoms with Crippen molar-refractivity contribution in [1.29, 1.82) is 0 Å². The summed E-state index contributed by atoms with van der Waals surface area (Å²) >= 11 is 6.17. The van der Waals surface area contributed by atoms with Gasteiger partial charge in [-0.1, -0.05) is 11.6 Å². The van der Waals surface area contributed by atoms with Gasteiger partial charge in [-0.05, 0) is 78.9 Å². The maximum atomic E-state index is 13.4. The van der Waals surface area contributed by atoms with Gasteiger partial charge in [-0.2, -0.15) is 0 Å². The van der Waals surface area contributed by atoms with E-state index in [1.54, 1.807) is 36.4 Å². The summed E-state index contributed by atoms with van der Waals surface area (Å²) < 4.78 is 2.01. The van der Waals surface area contributed by atoms with Gasteiger partial charge in [0.1, 0.15) is 11.5 Å². The molecule has 0 bridgehead atoms. The van der Waals surface area contributed by atoms with Gasteiger partial charge >= 0.3 is 0 Å². The molecule has 1 heterocycles. The standard InChI is InChI=1S/C26H18ClNO3S/c1-28-24-12-2-16(27)14-22(24)26(31)23-15-21(11-13-25(23)28)32(19-7-3-17(29)4-8-19)20-9-5-18(30)6-10-20/h2-15H,1H3,(H-,29,30)/p+1. The number of fused-ring (bicyclic) bond motifs is 2. The summed E-state index contributed by atoms with van der Waals surface area (Å²) in [6, 6.07) is 25.5. The van der Waals surface area contributed by atoms with Crippen LogP contribution in [0.1, 0.15) is 0 Å². The molecule has 1 aromatic heterocycles. The number of hydrogen-bond donors (Lipinski definition) is 2.